The first-order valence-corrected chi connectivity index (χ1v) is 16.1. The quantitative estimate of drug-likeness (QED) is 0.269. The van der Waals surface area contributed by atoms with E-state index in [1.54, 1.807) is 0 Å². The van der Waals surface area contributed by atoms with Crippen LogP contribution in [0.25, 0.3) is 0 Å². The minimum Gasteiger partial charge on any atom is -0.402 e. The summed E-state index contributed by atoms with van der Waals surface area (Å²) in [6, 6.07) is 24.9. The molecule has 3 aromatic rings. The van der Waals surface area contributed by atoms with Gasteiger partial charge in [0.2, 0.25) is 0 Å². The van der Waals surface area contributed by atoms with Crippen LogP contribution in [-0.4, -0.2) is 5.97 Å². The van der Waals surface area contributed by atoms with Crippen LogP contribution in [0.15, 0.2) is 101 Å². The van der Waals surface area contributed by atoms with Crippen molar-refractivity contribution in [3.05, 3.63) is 86.2 Å². The van der Waals surface area contributed by atoms with Crippen molar-refractivity contribution in [3.63, 3.8) is 0 Å². The highest BCUT2D eigenvalue weighted by molar-refractivity contribution is 9.11. The number of carbonyl (C=O) groups is 1. The molecule has 3 aromatic carbocycles. The van der Waals surface area contributed by atoms with E-state index in [9.17, 15) is 4.79 Å². The van der Waals surface area contributed by atoms with Crippen LogP contribution < -0.4 is 0 Å². The van der Waals surface area contributed by atoms with E-state index in [1.807, 2.05) is 36.4 Å². The number of hydrogen-bond acceptors (Lipinski definition) is 2. The Hall–Kier alpha value is -1.08. The first-order valence-electron chi connectivity index (χ1n) is 12.2. The molecule has 0 aromatic heterocycles. The molecule has 0 N–H and O–H groups in total. The molecule has 0 heterocycles. The average molecular weight is 679 g/mol. The van der Waals surface area contributed by atoms with Crippen molar-refractivity contribution >= 4 is 64.1 Å². The topological polar surface area (TPSA) is 26.3 Å². The molecule has 35 heavy (non-hydrogen) atoms. The average Bonchev–Trinajstić information content (AvgIpc) is 2.83. The summed E-state index contributed by atoms with van der Waals surface area (Å²) in [5, 5.41) is 0. The van der Waals surface area contributed by atoms with Gasteiger partial charge in [0.05, 0.1) is 5.41 Å². The van der Waals surface area contributed by atoms with Crippen molar-refractivity contribution < 1.29 is 8.98 Å². The molecule has 6 heteroatoms. The lowest BCUT2D eigenvalue weighted by atomic mass is 9.49. The second-order valence-corrected chi connectivity index (χ2v) is 15.9. The van der Waals surface area contributed by atoms with Crippen LogP contribution in [0.5, 0.6) is 0 Å². The van der Waals surface area contributed by atoms with Gasteiger partial charge in [-0.1, -0.05) is 47.8 Å². The minimum absolute atomic E-state index is 0.0142. The molecule has 0 saturated heterocycles. The normalized spacial score (nSPS) is 27.6. The zero-order valence-corrected chi connectivity index (χ0v) is 24.8. The van der Waals surface area contributed by atoms with Gasteiger partial charge in [0, 0.05) is 28.1 Å². The molecule has 0 unspecified atom stereocenters. The van der Waals surface area contributed by atoms with E-state index in [0.29, 0.717) is 17.8 Å². The molecule has 0 amide bonds. The summed E-state index contributed by atoms with van der Waals surface area (Å²) in [6.45, 7) is 0. The molecule has 182 valence electrons. The second kappa shape index (κ2) is 9.34. The second-order valence-electron chi connectivity index (χ2n) is 10.5. The maximum atomic E-state index is 14.4. The molecule has 4 aliphatic carbocycles. The molecule has 2 nitrogen and oxygen atoms in total. The number of carbonyl (C=O) groups excluding carboxylic acids is 1. The SMILES string of the molecule is O=C(OS(c1ccc(Br)cc1)(c1ccc(Br)cc1)c1ccc(Br)cc1)C12CC3CC(CC(C3)C1)C2. The molecule has 0 aliphatic heterocycles. The Bertz CT molecular complexity index is 1090. The fourth-order valence-corrected chi connectivity index (χ4v) is 10.9. The van der Waals surface area contributed by atoms with Crippen LogP contribution in [0.2, 0.25) is 0 Å². The lowest BCUT2D eigenvalue weighted by Gasteiger charge is -2.56. The van der Waals surface area contributed by atoms with E-state index in [4.69, 9.17) is 4.18 Å². The van der Waals surface area contributed by atoms with Gasteiger partial charge < -0.3 is 4.18 Å². The van der Waals surface area contributed by atoms with Crippen molar-refractivity contribution in [1.29, 1.82) is 0 Å². The van der Waals surface area contributed by atoms with Gasteiger partial charge in [-0.2, -0.15) is 0 Å². The maximum absolute atomic E-state index is 14.4. The van der Waals surface area contributed by atoms with E-state index in [2.05, 4.69) is 84.2 Å². The van der Waals surface area contributed by atoms with Crippen LogP contribution in [-0.2, 0) is 8.98 Å². The standard InChI is InChI=1S/C29H27Br3O2S/c30-22-1-7-25(8-2-22)35(26-9-3-23(31)4-10-26,27-11-5-24(32)6-12-27)34-28(33)29-16-19-13-20(17-29)15-21(14-19)18-29/h1-12,19-21H,13-18H2. The summed E-state index contributed by atoms with van der Waals surface area (Å²) in [5.41, 5.74) is -0.326. The summed E-state index contributed by atoms with van der Waals surface area (Å²) < 4.78 is 10.0. The minimum atomic E-state index is -2.29. The fraction of sp³-hybridized carbons (Fsp3) is 0.345. The molecule has 4 fully saturated rings. The third-order valence-corrected chi connectivity index (χ3v) is 12.9. The zero-order valence-electron chi connectivity index (χ0n) is 19.3. The van der Waals surface area contributed by atoms with E-state index >= 15 is 0 Å². The lowest BCUT2D eigenvalue weighted by molar-refractivity contribution is -0.160. The summed E-state index contributed by atoms with van der Waals surface area (Å²) in [4.78, 5) is 17.5. The summed E-state index contributed by atoms with van der Waals surface area (Å²) in [6.07, 6.45) is 6.89. The molecule has 4 saturated carbocycles. The Morgan fingerprint density at radius 3 is 1.26 bits per heavy atom. The van der Waals surface area contributed by atoms with Gasteiger partial charge >= 0.3 is 5.97 Å². The molecule has 7 rings (SSSR count). The molecule has 4 bridgehead atoms. The first-order chi connectivity index (χ1) is 16.9. The van der Waals surface area contributed by atoms with Gasteiger partial charge in [0.15, 0.2) is 0 Å². The van der Waals surface area contributed by atoms with Gasteiger partial charge in [0.1, 0.15) is 0 Å². The van der Waals surface area contributed by atoms with Crippen LogP contribution in [0.1, 0.15) is 38.5 Å². The van der Waals surface area contributed by atoms with Crippen LogP contribution in [0.4, 0.5) is 0 Å². The van der Waals surface area contributed by atoms with E-state index in [0.717, 1.165) is 47.4 Å². The third-order valence-electron chi connectivity index (χ3n) is 8.11. The number of benzene rings is 3. The zero-order chi connectivity index (χ0) is 24.2. The monoisotopic (exact) mass is 676 g/mol. The largest absolute Gasteiger partial charge is 0.402 e. The lowest BCUT2D eigenvalue weighted by Crippen LogP contribution is -2.50. The highest BCUT2D eigenvalue weighted by atomic mass is 79.9. The van der Waals surface area contributed by atoms with Crippen LogP contribution >= 0.6 is 58.1 Å². The Morgan fingerprint density at radius 2 is 0.943 bits per heavy atom. The Kier molecular flexibility index (Phi) is 6.48. The van der Waals surface area contributed by atoms with Crippen molar-refractivity contribution in [2.45, 2.75) is 53.2 Å². The van der Waals surface area contributed by atoms with E-state index < -0.39 is 10.3 Å². The maximum Gasteiger partial charge on any atom is 0.323 e. The predicted octanol–water partition coefficient (Wildman–Crippen LogP) is 9.93. The van der Waals surface area contributed by atoms with E-state index in [1.165, 1.54) is 19.3 Å². The van der Waals surface area contributed by atoms with Crippen LogP contribution in [0.3, 0.4) is 0 Å². The summed E-state index contributed by atoms with van der Waals surface area (Å²) in [7, 11) is -2.29. The van der Waals surface area contributed by atoms with Gasteiger partial charge in [-0.25, -0.2) is 0 Å². The number of hydrogen-bond donors (Lipinski definition) is 0. The third kappa shape index (κ3) is 4.36. The molecular formula is C29H27Br3O2S. The highest BCUT2D eigenvalue weighted by Crippen LogP contribution is 2.71. The first kappa shape index (κ1) is 24.3. The van der Waals surface area contributed by atoms with Gasteiger partial charge in [-0.3, -0.25) is 4.79 Å². The molecular weight excluding hydrogens is 652 g/mol. The predicted molar refractivity (Wildman–Crippen MR) is 152 cm³/mol. The van der Waals surface area contributed by atoms with Gasteiger partial charge in [-0.15, -0.1) is 0 Å². The Morgan fingerprint density at radius 1 is 0.629 bits per heavy atom. The van der Waals surface area contributed by atoms with Gasteiger partial charge in [-0.05, 0) is 139 Å². The van der Waals surface area contributed by atoms with Crippen LogP contribution in [0, 0.1) is 23.2 Å². The van der Waals surface area contributed by atoms with Crippen molar-refractivity contribution in [2.24, 2.45) is 23.2 Å². The van der Waals surface area contributed by atoms with Gasteiger partial charge in [0.25, 0.3) is 0 Å². The number of halogens is 3. The van der Waals surface area contributed by atoms with E-state index in [-0.39, 0.29) is 11.4 Å². The van der Waals surface area contributed by atoms with Crippen molar-refractivity contribution in [1.82, 2.24) is 0 Å². The molecule has 0 atom stereocenters. The number of rotatable bonds is 5. The summed E-state index contributed by atoms with van der Waals surface area (Å²) in [5.74, 6) is 2.07. The molecule has 0 radical (unpaired) electrons. The smallest absolute Gasteiger partial charge is 0.323 e. The fourth-order valence-electron chi connectivity index (χ4n) is 6.99. The Labute approximate surface area is 234 Å². The van der Waals surface area contributed by atoms with Crippen molar-refractivity contribution in [3.8, 4) is 0 Å². The highest BCUT2D eigenvalue weighted by Gasteiger charge is 2.57. The molecule has 4 aliphatic rings. The summed E-state index contributed by atoms with van der Waals surface area (Å²) >= 11 is 10.8. The molecule has 0 spiro atoms. The Balaban J connectivity index is 1.52. The van der Waals surface area contributed by atoms with Crippen molar-refractivity contribution in [2.75, 3.05) is 0 Å².